The van der Waals surface area contributed by atoms with E-state index in [2.05, 4.69) is 0 Å². The Morgan fingerprint density at radius 3 is 2.63 bits per heavy atom. The quantitative estimate of drug-likeness (QED) is 0.677. The van der Waals surface area contributed by atoms with Crippen molar-refractivity contribution < 1.29 is 9.15 Å². The maximum Gasteiger partial charge on any atom is 0.140 e. The van der Waals surface area contributed by atoms with Crippen molar-refractivity contribution in [1.29, 1.82) is 0 Å². The zero-order valence-electron chi connectivity index (χ0n) is 10.5. The van der Waals surface area contributed by atoms with Crippen molar-refractivity contribution in [2.24, 2.45) is 0 Å². The highest BCUT2D eigenvalue weighted by Crippen LogP contribution is 2.32. The molecule has 96 valence electrons. The molecule has 1 heterocycles. The van der Waals surface area contributed by atoms with E-state index >= 15 is 0 Å². The van der Waals surface area contributed by atoms with Crippen LogP contribution in [0, 0.1) is 0 Å². The summed E-state index contributed by atoms with van der Waals surface area (Å²) in [6.45, 7) is 0.485. The van der Waals surface area contributed by atoms with Crippen molar-refractivity contribution in [2.75, 3.05) is 7.11 Å². The Bertz CT molecular complexity index is 701. The first-order valence-electron chi connectivity index (χ1n) is 6.04. The second kappa shape index (κ2) is 5.08. The molecule has 0 aliphatic heterocycles. The first kappa shape index (κ1) is 12.3. The second-order valence-corrected chi connectivity index (χ2v) is 4.83. The van der Waals surface area contributed by atoms with Crippen LogP contribution >= 0.6 is 11.6 Å². The Labute approximate surface area is 116 Å². The maximum absolute atomic E-state index is 6.12. The summed E-state index contributed by atoms with van der Waals surface area (Å²) in [5, 5.41) is 1.69. The normalized spacial score (nSPS) is 11.1. The van der Waals surface area contributed by atoms with Crippen LogP contribution in [0.25, 0.3) is 22.3 Å². The summed E-state index contributed by atoms with van der Waals surface area (Å²) in [5.74, 6) is 0.843. The molecule has 0 saturated carbocycles. The topological polar surface area (TPSA) is 22.4 Å². The van der Waals surface area contributed by atoms with Crippen molar-refractivity contribution in [2.45, 2.75) is 6.61 Å². The highest BCUT2D eigenvalue weighted by molar-refractivity contribution is 6.31. The molecule has 1 aromatic heterocycles. The van der Waals surface area contributed by atoms with Crippen molar-refractivity contribution in [3.8, 4) is 11.3 Å². The fourth-order valence-electron chi connectivity index (χ4n) is 2.19. The number of fused-ring (bicyclic) bond motifs is 1. The van der Waals surface area contributed by atoms with E-state index in [1.165, 1.54) is 0 Å². The molecule has 3 aromatic rings. The van der Waals surface area contributed by atoms with E-state index in [9.17, 15) is 0 Å². The molecule has 2 nitrogen and oxygen atoms in total. The van der Waals surface area contributed by atoms with Gasteiger partial charge in [0.25, 0.3) is 0 Å². The van der Waals surface area contributed by atoms with Crippen LogP contribution in [-0.2, 0) is 11.3 Å². The first-order valence-corrected chi connectivity index (χ1v) is 6.42. The smallest absolute Gasteiger partial charge is 0.140 e. The Balaban J connectivity index is 2.17. The van der Waals surface area contributed by atoms with Gasteiger partial charge in [0.15, 0.2) is 0 Å². The molecule has 0 spiro atoms. The molecule has 0 N–H and O–H groups in total. The summed E-state index contributed by atoms with van der Waals surface area (Å²) in [4.78, 5) is 0. The van der Waals surface area contributed by atoms with Crippen LogP contribution in [0.2, 0.25) is 5.02 Å². The SMILES string of the molecule is COCc1cc(Cl)cc2cc(-c3ccccc3)oc12. The van der Waals surface area contributed by atoms with Crippen LogP contribution in [0.15, 0.2) is 52.9 Å². The van der Waals surface area contributed by atoms with Crippen LogP contribution < -0.4 is 0 Å². The average molecular weight is 273 g/mol. The number of hydrogen-bond acceptors (Lipinski definition) is 2. The van der Waals surface area contributed by atoms with Crippen LogP contribution in [0.3, 0.4) is 0 Å². The van der Waals surface area contributed by atoms with Crippen molar-refractivity contribution in [3.05, 3.63) is 59.1 Å². The van der Waals surface area contributed by atoms with Crippen molar-refractivity contribution in [1.82, 2.24) is 0 Å². The first-order chi connectivity index (χ1) is 9.28. The number of ether oxygens (including phenoxy) is 1. The van der Waals surface area contributed by atoms with Gasteiger partial charge in [-0.1, -0.05) is 41.9 Å². The van der Waals surface area contributed by atoms with Gasteiger partial charge in [-0.15, -0.1) is 0 Å². The predicted octanol–water partition coefficient (Wildman–Crippen LogP) is 4.90. The fourth-order valence-corrected chi connectivity index (χ4v) is 2.44. The monoisotopic (exact) mass is 272 g/mol. The summed E-state index contributed by atoms with van der Waals surface area (Å²) in [6, 6.07) is 15.8. The summed E-state index contributed by atoms with van der Waals surface area (Å²) in [5.41, 5.74) is 2.86. The molecule has 0 saturated heterocycles. The van der Waals surface area contributed by atoms with E-state index in [1.54, 1.807) is 7.11 Å². The van der Waals surface area contributed by atoms with Gasteiger partial charge in [-0.2, -0.15) is 0 Å². The molecule has 0 bridgehead atoms. The Kier molecular flexibility index (Phi) is 3.28. The van der Waals surface area contributed by atoms with Crippen LogP contribution in [0.4, 0.5) is 0 Å². The highest BCUT2D eigenvalue weighted by Gasteiger charge is 2.11. The molecular formula is C16H13ClO2. The lowest BCUT2D eigenvalue weighted by Crippen LogP contribution is -1.87. The molecule has 0 aliphatic rings. The molecule has 0 unspecified atom stereocenters. The largest absolute Gasteiger partial charge is 0.456 e. The molecule has 0 amide bonds. The lowest BCUT2D eigenvalue weighted by molar-refractivity contribution is 0.185. The van der Waals surface area contributed by atoms with E-state index in [4.69, 9.17) is 20.8 Å². The van der Waals surface area contributed by atoms with Crippen LogP contribution in [0.5, 0.6) is 0 Å². The number of rotatable bonds is 3. The Hall–Kier alpha value is -1.77. The van der Waals surface area contributed by atoms with Gasteiger partial charge in [0.1, 0.15) is 11.3 Å². The molecule has 2 aromatic carbocycles. The minimum absolute atomic E-state index is 0.485. The minimum Gasteiger partial charge on any atom is -0.456 e. The molecule has 0 atom stereocenters. The zero-order valence-corrected chi connectivity index (χ0v) is 11.3. The lowest BCUT2D eigenvalue weighted by atomic mass is 10.1. The van der Waals surface area contributed by atoms with E-state index in [-0.39, 0.29) is 0 Å². The molecule has 3 heteroatoms. The van der Waals surface area contributed by atoms with E-state index in [0.717, 1.165) is 27.9 Å². The Morgan fingerprint density at radius 1 is 1.11 bits per heavy atom. The minimum atomic E-state index is 0.485. The molecular weight excluding hydrogens is 260 g/mol. The fraction of sp³-hybridized carbons (Fsp3) is 0.125. The van der Waals surface area contributed by atoms with Gasteiger partial charge in [-0.05, 0) is 18.2 Å². The molecule has 0 fully saturated rings. The summed E-state index contributed by atoms with van der Waals surface area (Å²) in [6.07, 6.45) is 0. The van der Waals surface area contributed by atoms with Crippen LogP contribution in [-0.4, -0.2) is 7.11 Å². The van der Waals surface area contributed by atoms with Crippen LogP contribution in [0.1, 0.15) is 5.56 Å². The van der Waals surface area contributed by atoms with Crippen molar-refractivity contribution >= 4 is 22.6 Å². The summed E-state index contributed by atoms with van der Waals surface area (Å²) >= 11 is 6.12. The molecule has 0 aliphatic carbocycles. The van der Waals surface area contributed by atoms with E-state index in [0.29, 0.717) is 11.6 Å². The summed E-state index contributed by atoms with van der Waals surface area (Å²) < 4.78 is 11.1. The van der Waals surface area contributed by atoms with Gasteiger partial charge in [0.05, 0.1) is 6.61 Å². The van der Waals surface area contributed by atoms with Gasteiger partial charge < -0.3 is 9.15 Å². The predicted molar refractivity (Wildman–Crippen MR) is 77.4 cm³/mol. The summed E-state index contributed by atoms with van der Waals surface area (Å²) in [7, 11) is 1.66. The molecule has 0 radical (unpaired) electrons. The van der Waals surface area contributed by atoms with Gasteiger partial charge >= 0.3 is 0 Å². The third-order valence-electron chi connectivity index (χ3n) is 3.02. The lowest BCUT2D eigenvalue weighted by Gasteiger charge is -2.01. The number of benzene rings is 2. The second-order valence-electron chi connectivity index (χ2n) is 4.39. The van der Waals surface area contributed by atoms with E-state index < -0.39 is 0 Å². The zero-order chi connectivity index (χ0) is 13.2. The number of furan rings is 1. The van der Waals surface area contributed by atoms with Gasteiger partial charge in [-0.3, -0.25) is 0 Å². The Morgan fingerprint density at radius 2 is 1.89 bits per heavy atom. The van der Waals surface area contributed by atoms with E-state index in [1.807, 2.05) is 48.5 Å². The van der Waals surface area contributed by atoms with Crippen molar-refractivity contribution in [3.63, 3.8) is 0 Å². The molecule has 3 rings (SSSR count). The molecule has 19 heavy (non-hydrogen) atoms. The van der Waals surface area contributed by atoms with Gasteiger partial charge in [-0.25, -0.2) is 0 Å². The van der Waals surface area contributed by atoms with Gasteiger partial charge in [0.2, 0.25) is 0 Å². The maximum atomic E-state index is 6.12. The average Bonchev–Trinajstić information content (AvgIpc) is 2.84. The number of halogens is 1. The third kappa shape index (κ3) is 2.37. The van der Waals surface area contributed by atoms with Gasteiger partial charge in [0, 0.05) is 28.6 Å². The highest BCUT2D eigenvalue weighted by atomic mass is 35.5. The number of hydrogen-bond donors (Lipinski definition) is 0. The number of methoxy groups -OCH3 is 1. The standard InChI is InChI=1S/C16H13ClO2/c1-18-10-13-8-14(17)7-12-9-15(19-16(12)13)11-5-3-2-4-6-11/h2-9H,10H2,1H3. The third-order valence-corrected chi connectivity index (χ3v) is 3.23.